The molecular weight excluding hydrogens is 653 g/mol. The van der Waals surface area contributed by atoms with Gasteiger partial charge in [-0.2, -0.15) is 0 Å². The second kappa shape index (κ2) is 14.6. The van der Waals surface area contributed by atoms with Crippen LogP contribution in [-0.4, -0.2) is 30.8 Å². The maximum atomic E-state index is 14.6. The summed E-state index contributed by atoms with van der Waals surface area (Å²) in [7, 11) is -8.24. The maximum Gasteiger partial charge on any atom is 0.253 e. The summed E-state index contributed by atoms with van der Waals surface area (Å²) in [4.78, 5) is 1.68. The fourth-order valence-corrected chi connectivity index (χ4v) is 10.2. The van der Waals surface area contributed by atoms with E-state index in [2.05, 4.69) is 0 Å². The molecule has 46 heavy (non-hydrogen) atoms. The van der Waals surface area contributed by atoms with Crippen LogP contribution in [0.4, 0.5) is 0 Å². The van der Waals surface area contributed by atoms with Gasteiger partial charge in [0.2, 0.25) is 0 Å². The molecule has 6 nitrogen and oxygen atoms in total. The zero-order valence-corrected chi connectivity index (χ0v) is 29.3. The Kier molecular flexibility index (Phi) is 10.8. The fourth-order valence-electron chi connectivity index (χ4n) is 4.64. The fraction of sp³-hybridized carbons (Fsp3) is 0.167. The second-order valence-corrected chi connectivity index (χ2v) is 17.4. The predicted molar refractivity (Wildman–Crippen MR) is 189 cm³/mol. The first-order valence-corrected chi connectivity index (χ1v) is 19.1. The van der Waals surface area contributed by atoms with E-state index in [9.17, 15) is 16.8 Å². The highest BCUT2D eigenvalue weighted by Gasteiger charge is 2.38. The van der Waals surface area contributed by atoms with Crippen molar-refractivity contribution in [2.24, 2.45) is 0 Å². The molecule has 0 bridgehead atoms. The smallest absolute Gasteiger partial charge is 0.206 e. The summed E-state index contributed by atoms with van der Waals surface area (Å²) in [5.74, 6) is 0. The van der Waals surface area contributed by atoms with Crippen LogP contribution >= 0.6 is 23.9 Å². The Bertz CT molecular complexity index is 1970. The Labute approximate surface area is 281 Å². The zero-order valence-electron chi connectivity index (χ0n) is 26.1. The topological polar surface area (TPSA) is 74.8 Å². The number of benzene rings is 5. The molecule has 0 heterocycles. The van der Waals surface area contributed by atoms with Crippen LogP contribution in [0.15, 0.2) is 147 Å². The first-order chi connectivity index (χ1) is 21.9. The molecule has 0 radical (unpaired) electrons. The number of sulfonamides is 2. The van der Waals surface area contributed by atoms with Crippen molar-refractivity contribution in [3.63, 3.8) is 0 Å². The van der Waals surface area contributed by atoms with Gasteiger partial charge in [-0.05, 0) is 106 Å². The first-order valence-electron chi connectivity index (χ1n) is 14.7. The van der Waals surface area contributed by atoms with Gasteiger partial charge in [0.25, 0.3) is 20.0 Å². The summed E-state index contributed by atoms with van der Waals surface area (Å²) >= 11 is 2.15. The van der Waals surface area contributed by atoms with Crippen molar-refractivity contribution in [1.82, 2.24) is 7.42 Å². The van der Waals surface area contributed by atoms with E-state index < -0.39 is 26.1 Å². The van der Waals surface area contributed by atoms with E-state index in [1.165, 1.54) is 7.42 Å². The molecular formula is C36H36N2O4S4. The van der Waals surface area contributed by atoms with Crippen LogP contribution in [0.1, 0.15) is 33.9 Å². The van der Waals surface area contributed by atoms with Gasteiger partial charge >= 0.3 is 0 Å². The van der Waals surface area contributed by atoms with Gasteiger partial charge in [-0.15, -0.1) is 7.42 Å². The zero-order chi connectivity index (χ0) is 32.9. The number of rotatable bonds is 12. The molecule has 0 aliphatic rings. The highest BCUT2D eigenvalue weighted by molar-refractivity contribution is 8.09. The number of hydrogen-bond acceptors (Lipinski definition) is 6. The molecule has 0 fully saturated rings. The minimum Gasteiger partial charge on any atom is -0.206 e. The summed E-state index contributed by atoms with van der Waals surface area (Å²) in [6.45, 7) is 7.58. The Morgan fingerprint density at radius 3 is 1.35 bits per heavy atom. The Morgan fingerprint density at radius 2 is 0.891 bits per heavy atom. The number of hydrogen-bond donors (Lipinski definition) is 0. The third kappa shape index (κ3) is 8.12. The highest BCUT2D eigenvalue weighted by atomic mass is 32.3. The molecule has 5 aromatic rings. The summed E-state index contributed by atoms with van der Waals surface area (Å²) in [5.41, 5.74) is 4.61. The van der Waals surface area contributed by atoms with Crippen molar-refractivity contribution in [2.45, 2.75) is 53.3 Å². The van der Waals surface area contributed by atoms with Crippen LogP contribution in [0.5, 0.6) is 0 Å². The molecule has 0 spiro atoms. The van der Waals surface area contributed by atoms with E-state index >= 15 is 0 Å². The van der Waals surface area contributed by atoms with Crippen LogP contribution in [0.25, 0.3) is 0 Å². The second-order valence-electron chi connectivity index (χ2n) is 11.1. The minimum atomic E-state index is -4.15. The van der Waals surface area contributed by atoms with Crippen LogP contribution in [-0.2, 0) is 20.0 Å². The van der Waals surface area contributed by atoms with E-state index in [4.69, 9.17) is 0 Å². The van der Waals surface area contributed by atoms with Gasteiger partial charge in [0.05, 0.1) is 15.8 Å². The lowest BCUT2D eigenvalue weighted by Gasteiger charge is -2.33. The number of nitrogens with zero attached hydrogens (tertiary/aromatic N) is 2. The van der Waals surface area contributed by atoms with Gasteiger partial charge in [0, 0.05) is 16.3 Å². The highest BCUT2D eigenvalue weighted by Crippen LogP contribution is 2.41. The Morgan fingerprint density at radius 1 is 0.500 bits per heavy atom. The van der Waals surface area contributed by atoms with Gasteiger partial charge in [-0.25, -0.2) is 16.8 Å². The molecule has 0 aromatic heterocycles. The van der Waals surface area contributed by atoms with Crippen molar-refractivity contribution < 1.29 is 16.8 Å². The average molecular weight is 689 g/mol. The van der Waals surface area contributed by atoms with Crippen molar-refractivity contribution in [2.75, 3.05) is 6.54 Å². The monoisotopic (exact) mass is 688 g/mol. The largest absolute Gasteiger partial charge is 0.253 e. The van der Waals surface area contributed by atoms with E-state index in [0.29, 0.717) is 15.4 Å². The van der Waals surface area contributed by atoms with Gasteiger partial charge in [-0.1, -0.05) is 101 Å². The lowest BCUT2D eigenvalue weighted by Crippen LogP contribution is -2.38. The molecule has 5 rings (SSSR count). The molecule has 0 N–H and O–H groups in total. The molecule has 0 amide bonds. The van der Waals surface area contributed by atoms with Crippen molar-refractivity contribution >= 4 is 43.9 Å². The van der Waals surface area contributed by atoms with Crippen LogP contribution < -0.4 is 0 Å². The van der Waals surface area contributed by atoms with Gasteiger partial charge < -0.3 is 0 Å². The third-order valence-electron chi connectivity index (χ3n) is 7.35. The molecule has 1 unspecified atom stereocenters. The van der Waals surface area contributed by atoms with E-state index in [1.807, 2.05) is 107 Å². The average Bonchev–Trinajstić information content (AvgIpc) is 3.04. The molecule has 238 valence electrons. The molecule has 0 aliphatic carbocycles. The van der Waals surface area contributed by atoms with Crippen molar-refractivity contribution in [1.29, 1.82) is 0 Å². The summed E-state index contributed by atoms with van der Waals surface area (Å²) in [6.07, 6.45) is 0. The quantitative estimate of drug-likeness (QED) is 0.122. The summed E-state index contributed by atoms with van der Waals surface area (Å²) in [6, 6.07) is 36.9. The van der Waals surface area contributed by atoms with E-state index in [-0.39, 0.29) is 16.3 Å². The van der Waals surface area contributed by atoms with Gasteiger partial charge in [-0.3, -0.25) is 0 Å². The van der Waals surface area contributed by atoms with E-state index in [1.54, 1.807) is 48.5 Å². The molecule has 0 saturated heterocycles. The van der Waals surface area contributed by atoms with Crippen LogP contribution in [0.2, 0.25) is 0 Å². The molecule has 1 atom stereocenters. The first kappa shape index (κ1) is 34.0. The molecule has 0 aliphatic heterocycles. The lowest BCUT2D eigenvalue weighted by molar-refractivity contribution is 0.422. The predicted octanol–water partition coefficient (Wildman–Crippen LogP) is 8.76. The van der Waals surface area contributed by atoms with Crippen molar-refractivity contribution in [3.8, 4) is 0 Å². The lowest BCUT2D eigenvalue weighted by atomic mass is 10.1. The van der Waals surface area contributed by atoms with Crippen molar-refractivity contribution in [3.05, 3.63) is 155 Å². The number of aryl methyl sites for hydroxylation is 4. The normalized spacial score (nSPS) is 12.8. The third-order valence-corrected chi connectivity index (χ3v) is 13.9. The van der Waals surface area contributed by atoms with E-state index in [0.717, 1.165) is 46.1 Å². The molecule has 5 aromatic carbocycles. The van der Waals surface area contributed by atoms with Crippen LogP contribution in [0, 0.1) is 27.7 Å². The van der Waals surface area contributed by atoms with Gasteiger partial charge in [0.15, 0.2) is 0 Å². The maximum absolute atomic E-state index is 14.6. The summed E-state index contributed by atoms with van der Waals surface area (Å²) in [5, 5.41) is 0. The molecule has 0 saturated carbocycles. The van der Waals surface area contributed by atoms with Gasteiger partial charge in [0.1, 0.15) is 0 Å². The van der Waals surface area contributed by atoms with Crippen LogP contribution in [0.3, 0.4) is 0 Å². The minimum absolute atomic E-state index is 0.123. The molecule has 10 heteroatoms. The SMILES string of the molecule is Cc1ccc(SN(CC(c2ccccc2)N(Sc2ccc(C)cc2)S(=O)(=O)c2ccc(C)cc2)S(=O)(=O)c2ccc(C)cc2)cc1. The Hall–Kier alpha value is -3.38. The Balaban J connectivity index is 1.67. The summed E-state index contributed by atoms with van der Waals surface area (Å²) < 4.78 is 60.6. The standard InChI is InChI=1S/C36H36N2O4S4/c1-27-10-18-32(19-11-27)43-37(45(39,40)34-22-14-29(3)15-23-34)26-36(31-8-6-5-7-9-31)38(44-33-20-12-28(2)13-21-33)46(41,42)35-24-16-30(4)17-25-35/h5-25,36H,26H2,1-4H3.